The number of rotatable bonds is 6. The Morgan fingerprint density at radius 2 is 2.00 bits per heavy atom. The fourth-order valence-electron chi connectivity index (χ4n) is 2.90. The van der Waals surface area contributed by atoms with Gasteiger partial charge in [-0.05, 0) is 32.3 Å². The number of benzene rings is 1. The molecule has 24 heavy (non-hydrogen) atoms. The molecule has 1 aliphatic rings. The van der Waals surface area contributed by atoms with Gasteiger partial charge in [0.25, 0.3) is 5.91 Å². The highest BCUT2D eigenvalue weighted by Gasteiger charge is 2.43. The van der Waals surface area contributed by atoms with Crippen LogP contribution in [0.4, 0.5) is 0 Å². The van der Waals surface area contributed by atoms with Crippen LogP contribution in [-0.4, -0.2) is 47.1 Å². The minimum absolute atomic E-state index is 0.0523. The van der Waals surface area contributed by atoms with Crippen molar-refractivity contribution in [1.82, 2.24) is 4.90 Å². The zero-order valence-electron chi connectivity index (χ0n) is 14.3. The first kappa shape index (κ1) is 18.4. The number of primary amides is 1. The Morgan fingerprint density at radius 1 is 1.33 bits per heavy atom. The summed E-state index contributed by atoms with van der Waals surface area (Å²) in [6.07, 6.45) is 0.836. The number of ether oxygens (including phenoxy) is 1. The number of β-amino-alcohol motifs (C(OH)–C–C–N with tert-alkyl or cyclic N) is 1. The largest absolute Gasteiger partial charge is 0.378 e. The monoisotopic (exact) mass is 334 g/mol. The number of hydrogen-bond acceptors (Lipinski definition) is 4. The first-order chi connectivity index (χ1) is 11.2. The van der Waals surface area contributed by atoms with Gasteiger partial charge in [-0.25, -0.2) is 0 Å². The zero-order valence-corrected chi connectivity index (χ0v) is 14.3. The summed E-state index contributed by atoms with van der Waals surface area (Å²) in [6.45, 7) is 4.76. The second kappa shape index (κ2) is 7.32. The van der Waals surface area contributed by atoms with E-state index in [1.54, 1.807) is 13.8 Å². The molecule has 0 radical (unpaired) electrons. The second-order valence-corrected chi connectivity index (χ2v) is 7.09. The van der Waals surface area contributed by atoms with E-state index in [9.17, 15) is 14.7 Å². The summed E-state index contributed by atoms with van der Waals surface area (Å²) in [7, 11) is 0. The number of carbonyl (C=O) groups is 2. The average Bonchev–Trinajstić information content (AvgIpc) is 2.55. The summed E-state index contributed by atoms with van der Waals surface area (Å²) in [5.74, 6) is -0.923. The molecule has 1 saturated heterocycles. The Hall–Kier alpha value is -1.92. The normalized spacial score (nSPS) is 21.5. The van der Waals surface area contributed by atoms with Crippen molar-refractivity contribution in [3.05, 3.63) is 35.9 Å². The quantitative estimate of drug-likeness (QED) is 0.814. The third-order valence-corrected chi connectivity index (χ3v) is 4.37. The molecule has 0 saturated carbocycles. The lowest BCUT2D eigenvalue weighted by molar-refractivity contribution is -0.156. The molecule has 132 valence electrons. The van der Waals surface area contributed by atoms with Gasteiger partial charge in [-0.3, -0.25) is 9.59 Å². The van der Waals surface area contributed by atoms with E-state index in [1.807, 2.05) is 30.3 Å². The lowest BCUT2D eigenvalue weighted by atomic mass is 9.87. The van der Waals surface area contributed by atoms with E-state index in [0.717, 1.165) is 5.56 Å². The van der Waals surface area contributed by atoms with Gasteiger partial charge in [0.15, 0.2) is 5.60 Å². The minimum Gasteiger partial charge on any atom is -0.378 e. The van der Waals surface area contributed by atoms with E-state index in [1.165, 1.54) is 4.90 Å². The maximum Gasteiger partial charge on any atom is 0.251 e. The molecule has 0 spiro atoms. The predicted octanol–water partition coefficient (Wildman–Crippen LogP) is 1.07. The van der Waals surface area contributed by atoms with Crippen molar-refractivity contribution in [3.63, 3.8) is 0 Å². The van der Waals surface area contributed by atoms with Crippen LogP contribution in [0.2, 0.25) is 0 Å². The molecule has 1 aromatic carbocycles. The Bertz CT molecular complexity index is 588. The molecule has 6 heteroatoms. The molecule has 1 aromatic rings. The first-order valence-electron chi connectivity index (χ1n) is 8.18. The second-order valence-electron chi connectivity index (χ2n) is 7.09. The van der Waals surface area contributed by atoms with Crippen LogP contribution in [0.5, 0.6) is 0 Å². The van der Waals surface area contributed by atoms with E-state index >= 15 is 0 Å². The molecule has 0 bridgehead atoms. The lowest BCUT2D eigenvalue weighted by Crippen LogP contribution is -2.59. The fourth-order valence-corrected chi connectivity index (χ4v) is 2.90. The molecule has 0 aliphatic carbocycles. The smallest absolute Gasteiger partial charge is 0.251 e. The SMILES string of the molecule is CC(C)(COCc1ccccc1)C(=O)N1CCC[C@@](O)(C(N)=O)C1. The molecule has 1 aliphatic heterocycles. The topological polar surface area (TPSA) is 92.9 Å². The van der Waals surface area contributed by atoms with E-state index in [-0.39, 0.29) is 25.5 Å². The maximum atomic E-state index is 12.8. The summed E-state index contributed by atoms with van der Waals surface area (Å²) in [4.78, 5) is 25.7. The first-order valence-corrected chi connectivity index (χ1v) is 8.18. The van der Waals surface area contributed by atoms with Crippen LogP contribution < -0.4 is 5.73 Å². The van der Waals surface area contributed by atoms with Crippen molar-refractivity contribution in [1.29, 1.82) is 0 Å². The summed E-state index contributed by atoms with van der Waals surface area (Å²) < 4.78 is 5.69. The molecule has 0 aromatic heterocycles. The van der Waals surface area contributed by atoms with Gasteiger partial charge in [-0.15, -0.1) is 0 Å². The molecule has 2 amide bonds. The third-order valence-electron chi connectivity index (χ3n) is 4.37. The van der Waals surface area contributed by atoms with Crippen molar-refractivity contribution >= 4 is 11.8 Å². The molecule has 1 heterocycles. The van der Waals surface area contributed by atoms with E-state index in [0.29, 0.717) is 19.6 Å². The van der Waals surface area contributed by atoms with Crippen LogP contribution >= 0.6 is 0 Å². The van der Waals surface area contributed by atoms with Crippen LogP contribution in [0, 0.1) is 5.41 Å². The molecule has 2 rings (SSSR count). The number of piperidine rings is 1. The molecular formula is C18H26N2O4. The fraction of sp³-hybridized carbons (Fsp3) is 0.556. The van der Waals surface area contributed by atoms with Crippen molar-refractivity contribution in [2.75, 3.05) is 19.7 Å². The molecule has 3 N–H and O–H groups in total. The van der Waals surface area contributed by atoms with E-state index < -0.39 is 16.9 Å². The molecule has 6 nitrogen and oxygen atoms in total. The van der Waals surface area contributed by atoms with E-state index in [4.69, 9.17) is 10.5 Å². The van der Waals surface area contributed by atoms with Gasteiger partial charge in [-0.1, -0.05) is 30.3 Å². The van der Waals surface area contributed by atoms with Gasteiger partial charge in [0, 0.05) is 6.54 Å². The van der Waals surface area contributed by atoms with Crippen LogP contribution in [-0.2, 0) is 20.9 Å². The van der Waals surface area contributed by atoms with Crippen molar-refractivity contribution in [2.24, 2.45) is 11.1 Å². The van der Waals surface area contributed by atoms with E-state index in [2.05, 4.69) is 0 Å². The van der Waals surface area contributed by atoms with Gasteiger partial charge >= 0.3 is 0 Å². The van der Waals surface area contributed by atoms with Gasteiger partial charge in [0.1, 0.15) is 0 Å². The van der Waals surface area contributed by atoms with Crippen molar-refractivity contribution in [2.45, 2.75) is 38.9 Å². The summed E-state index contributed by atoms with van der Waals surface area (Å²) >= 11 is 0. The van der Waals surface area contributed by atoms with Gasteiger partial charge in [0.2, 0.25) is 5.91 Å². The van der Waals surface area contributed by atoms with Crippen LogP contribution in [0.3, 0.4) is 0 Å². The highest BCUT2D eigenvalue weighted by molar-refractivity contribution is 5.86. The summed E-state index contributed by atoms with van der Waals surface area (Å²) in [5.41, 5.74) is 3.93. The van der Waals surface area contributed by atoms with Crippen molar-refractivity contribution < 1.29 is 19.4 Å². The predicted molar refractivity (Wildman–Crippen MR) is 89.8 cm³/mol. The average molecular weight is 334 g/mol. The molecule has 1 fully saturated rings. The van der Waals surface area contributed by atoms with Crippen LogP contribution in [0.15, 0.2) is 30.3 Å². The van der Waals surface area contributed by atoms with Gasteiger partial charge in [-0.2, -0.15) is 0 Å². The molecule has 0 unspecified atom stereocenters. The standard InChI is InChI=1S/C18H26N2O4/c1-17(2,13-24-11-14-7-4-3-5-8-14)16(22)20-10-6-9-18(23,12-20)15(19)21/h3-5,7-8,23H,6,9-13H2,1-2H3,(H2,19,21)/t18-/m0/s1. The number of nitrogens with zero attached hydrogens (tertiary/aromatic N) is 1. The Morgan fingerprint density at radius 3 is 2.62 bits per heavy atom. The Kier molecular flexibility index (Phi) is 5.62. The van der Waals surface area contributed by atoms with Crippen LogP contribution in [0.25, 0.3) is 0 Å². The summed E-state index contributed by atoms with van der Waals surface area (Å²) in [5, 5.41) is 10.3. The van der Waals surface area contributed by atoms with Gasteiger partial charge < -0.3 is 20.5 Å². The van der Waals surface area contributed by atoms with Crippen molar-refractivity contribution in [3.8, 4) is 0 Å². The van der Waals surface area contributed by atoms with Crippen LogP contribution in [0.1, 0.15) is 32.3 Å². The Labute approximate surface area is 142 Å². The minimum atomic E-state index is -1.63. The number of nitrogens with two attached hydrogens (primary N) is 1. The summed E-state index contributed by atoms with van der Waals surface area (Å²) in [6, 6.07) is 9.74. The third kappa shape index (κ3) is 4.33. The molecule has 1 atom stereocenters. The number of amides is 2. The molecular weight excluding hydrogens is 308 g/mol. The Balaban J connectivity index is 1.93. The lowest BCUT2D eigenvalue weighted by Gasteiger charge is -2.40. The zero-order chi connectivity index (χ0) is 17.8. The number of likely N-dealkylation sites (tertiary alicyclic amines) is 1. The number of hydrogen-bond donors (Lipinski definition) is 2. The number of aliphatic hydroxyl groups is 1. The number of carbonyl (C=O) groups excluding carboxylic acids is 2. The van der Waals surface area contributed by atoms with Gasteiger partial charge in [0.05, 0.1) is 25.2 Å². The highest BCUT2D eigenvalue weighted by atomic mass is 16.5. The maximum absolute atomic E-state index is 12.8. The highest BCUT2D eigenvalue weighted by Crippen LogP contribution is 2.26.